The first-order valence-corrected chi connectivity index (χ1v) is 12.0. The second kappa shape index (κ2) is 11.1. The molecular weight excluding hydrogens is 461 g/mol. The van der Waals surface area contributed by atoms with Crippen molar-refractivity contribution in [2.24, 2.45) is 5.73 Å². The van der Waals surface area contributed by atoms with Crippen LogP contribution in [0.2, 0.25) is 0 Å². The molecule has 1 aromatic carbocycles. The summed E-state index contributed by atoms with van der Waals surface area (Å²) in [4.78, 5) is 36.2. The molecule has 1 atom stereocenters. The third-order valence-electron chi connectivity index (χ3n) is 6.03. The number of carbonyl (C=O) groups excluding carboxylic acids is 2. The van der Waals surface area contributed by atoms with Crippen LogP contribution in [-0.4, -0.2) is 47.5 Å². The molecule has 188 valence electrons. The van der Waals surface area contributed by atoms with E-state index in [9.17, 15) is 14.0 Å². The van der Waals surface area contributed by atoms with Crippen molar-refractivity contribution in [2.75, 3.05) is 35.6 Å². The zero-order chi connectivity index (χ0) is 25.7. The maximum Gasteiger partial charge on any atom is 0.276 e. The molecule has 4 rings (SSSR count). The van der Waals surface area contributed by atoms with Gasteiger partial charge in [-0.05, 0) is 55.7 Å². The fraction of sp³-hybridized carbons (Fsp3) is 0.308. The van der Waals surface area contributed by atoms with E-state index in [1.807, 2.05) is 13.0 Å². The van der Waals surface area contributed by atoms with Crippen molar-refractivity contribution in [3.8, 4) is 11.3 Å². The standard InChI is InChI=1S/C26H30FN7O2/c1-2-10-31-25(35)16-5-6-19(27)18(13-16)21-8-7-20(29)24(32-21)26(36)33-22-14-30-11-9-23(22)34-12-3-4-17(28)15-34/h5-9,11,13-14,17H,2-4,10,12,15,28-29H2,1H3,(H,31,35)(H,33,36)/t17-/m0/s1. The van der Waals surface area contributed by atoms with Gasteiger partial charge in [0.05, 0.1) is 29.0 Å². The van der Waals surface area contributed by atoms with E-state index in [1.165, 1.54) is 30.3 Å². The summed E-state index contributed by atoms with van der Waals surface area (Å²) in [6.07, 6.45) is 5.90. The average Bonchev–Trinajstić information content (AvgIpc) is 2.88. The summed E-state index contributed by atoms with van der Waals surface area (Å²) in [5.41, 5.74) is 14.2. The van der Waals surface area contributed by atoms with Gasteiger partial charge in [-0.25, -0.2) is 9.37 Å². The predicted octanol–water partition coefficient (Wildman–Crippen LogP) is 3.18. The zero-order valence-corrected chi connectivity index (χ0v) is 20.1. The summed E-state index contributed by atoms with van der Waals surface area (Å²) in [7, 11) is 0. The van der Waals surface area contributed by atoms with Crippen LogP contribution in [-0.2, 0) is 0 Å². The Kier molecular flexibility index (Phi) is 7.74. The SMILES string of the molecule is CCCNC(=O)c1ccc(F)c(-c2ccc(N)c(C(=O)Nc3cnccc3N3CCC[C@H](N)C3)n2)c1. The van der Waals surface area contributed by atoms with Crippen molar-refractivity contribution >= 4 is 28.9 Å². The van der Waals surface area contributed by atoms with Crippen LogP contribution in [0.15, 0.2) is 48.8 Å². The number of piperidine rings is 1. The third-order valence-corrected chi connectivity index (χ3v) is 6.03. The number of nitrogens with one attached hydrogen (secondary N) is 2. The number of hydrogen-bond acceptors (Lipinski definition) is 7. The van der Waals surface area contributed by atoms with E-state index in [2.05, 4.69) is 25.5 Å². The van der Waals surface area contributed by atoms with E-state index in [1.54, 1.807) is 12.4 Å². The van der Waals surface area contributed by atoms with Crippen LogP contribution >= 0.6 is 0 Å². The normalized spacial score (nSPS) is 15.4. The molecule has 1 aliphatic rings. The third kappa shape index (κ3) is 5.60. The number of halogens is 1. The number of amides is 2. The maximum absolute atomic E-state index is 14.7. The Hall–Kier alpha value is -4.05. The monoisotopic (exact) mass is 491 g/mol. The minimum absolute atomic E-state index is 0.0548. The Morgan fingerprint density at radius 1 is 1.19 bits per heavy atom. The number of carbonyl (C=O) groups is 2. The highest BCUT2D eigenvalue weighted by Gasteiger charge is 2.22. The number of nitrogen functional groups attached to an aromatic ring is 1. The second-order valence-electron chi connectivity index (χ2n) is 8.78. The van der Waals surface area contributed by atoms with Gasteiger partial charge in [0.15, 0.2) is 5.69 Å². The van der Waals surface area contributed by atoms with Crippen LogP contribution in [0.25, 0.3) is 11.3 Å². The molecule has 1 fully saturated rings. The number of rotatable bonds is 7. The van der Waals surface area contributed by atoms with Crippen LogP contribution in [0, 0.1) is 5.82 Å². The summed E-state index contributed by atoms with van der Waals surface area (Å²) >= 11 is 0. The molecule has 0 radical (unpaired) electrons. The van der Waals surface area contributed by atoms with E-state index in [4.69, 9.17) is 11.5 Å². The smallest absolute Gasteiger partial charge is 0.276 e. The molecule has 1 saturated heterocycles. The van der Waals surface area contributed by atoms with Crippen molar-refractivity contribution in [2.45, 2.75) is 32.2 Å². The molecule has 0 unspecified atom stereocenters. The topological polar surface area (TPSA) is 139 Å². The van der Waals surface area contributed by atoms with Crippen molar-refractivity contribution in [3.05, 3.63) is 65.9 Å². The highest BCUT2D eigenvalue weighted by atomic mass is 19.1. The number of pyridine rings is 2. The molecule has 10 heteroatoms. The quantitative estimate of drug-likeness (QED) is 0.398. The van der Waals surface area contributed by atoms with Gasteiger partial charge < -0.3 is 27.0 Å². The van der Waals surface area contributed by atoms with Gasteiger partial charge in [0.2, 0.25) is 0 Å². The van der Waals surface area contributed by atoms with Gasteiger partial charge in [-0.2, -0.15) is 0 Å². The molecule has 36 heavy (non-hydrogen) atoms. The van der Waals surface area contributed by atoms with E-state index < -0.39 is 11.7 Å². The lowest BCUT2D eigenvalue weighted by Gasteiger charge is -2.33. The molecule has 3 heterocycles. The largest absolute Gasteiger partial charge is 0.397 e. The second-order valence-corrected chi connectivity index (χ2v) is 8.78. The summed E-state index contributed by atoms with van der Waals surface area (Å²) in [6.45, 7) is 3.94. The van der Waals surface area contributed by atoms with Crippen molar-refractivity contribution in [1.29, 1.82) is 0 Å². The minimum Gasteiger partial charge on any atom is -0.397 e. The van der Waals surface area contributed by atoms with Crippen LogP contribution in [0.4, 0.5) is 21.5 Å². The molecule has 0 bridgehead atoms. The van der Waals surface area contributed by atoms with Crippen LogP contribution in [0.1, 0.15) is 47.0 Å². The molecule has 9 nitrogen and oxygen atoms in total. The first kappa shape index (κ1) is 25.1. The minimum atomic E-state index is -0.568. The number of anilines is 3. The molecule has 0 aliphatic carbocycles. The van der Waals surface area contributed by atoms with Gasteiger partial charge >= 0.3 is 0 Å². The first-order valence-electron chi connectivity index (χ1n) is 12.0. The van der Waals surface area contributed by atoms with Crippen molar-refractivity contribution < 1.29 is 14.0 Å². The Morgan fingerprint density at radius 2 is 2.03 bits per heavy atom. The Labute approximate surface area is 209 Å². The summed E-state index contributed by atoms with van der Waals surface area (Å²) in [5, 5.41) is 5.61. The van der Waals surface area contributed by atoms with Gasteiger partial charge in [0, 0.05) is 43.0 Å². The Bertz CT molecular complexity index is 1270. The first-order chi connectivity index (χ1) is 17.4. The van der Waals surface area contributed by atoms with Gasteiger partial charge in [-0.1, -0.05) is 6.92 Å². The summed E-state index contributed by atoms with van der Waals surface area (Å²) in [6, 6.07) is 8.92. The highest BCUT2D eigenvalue weighted by molar-refractivity contribution is 6.08. The van der Waals surface area contributed by atoms with E-state index in [0.29, 0.717) is 24.3 Å². The predicted molar refractivity (Wildman–Crippen MR) is 138 cm³/mol. The molecule has 1 aliphatic heterocycles. The van der Waals surface area contributed by atoms with Gasteiger partial charge in [-0.3, -0.25) is 14.6 Å². The highest BCUT2D eigenvalue weighted by Crippen LogP contribution is 2.29. The molecule has 6 N–H and O–H groups in total. The van der Waals surface area contributed by atoms with Crippen molar-refractivity contribution in [1.82, 2.24) is 15.3 Å². The summed E-state index contributed by atoms with van der Waals surface area (Å²) < 4.78 is 14.7. The summed E-state index contributed by atoms with van der Waals surface area (Å²) in [5.74, 6) is -1.43. The van der Waals surface area contributed by atoms with Gasteiger partial charge in [0.25, 0.3) is 11.8 Å². The van der Waals surface area contributed by atoms with Crippen LogP contribution < -0.4 is 27.0 Å². The number of hydrogen-bond donors (Lipinski definition) is 4. The number of nitrogens with zero attached hydrogens (tertiary/aromatic N) is 3. The van der Waals surface area contributed by atoms with Crippen LogP contribution in [0.3, 0.4) is 0 Å². The maximum atomic E-state index is 14.7. The lowest BCUT2D eigenvalue weighted by molar-refractivity contribution is 0.0952. The zero-order valence-electron chi connectivity index (χ0n) is 20.1. The lowest BCUT2D eigenvalue weighted by atomic mass is 10.1. The fourth-order valence-corrected chi connectivity index (χ4v) is 4.17. The average molecular weight is 492 g/mol. The molecule has 0 spiro atoms. The number of aromatic nitrogens is 2. The molecular formula is C26H30FN7O2. The van der Waals surface area contributed by atoms with Gasteiger partial charge in [-0.15, -0.1) is 0 Å². The van der Waals surface area contributed by atoms with E-state index in [0.717, 1.165) is 31.5 Å². The molecule has 2 amide bonds. The van der Waals surface area contributed by atoms with Crippen molar-refractivity contribution in [3.63, 3.8) is 0 Å². The van der Waals surface area contributed by atoms with E-state index >= 15 is 0 Å². The molecule has 3 aromatic rings. The van der Waals surface area contributed by atoms with Crippen LogP contribution in [0.5, 0.6) is 0 Å². The van der Waals surface area contributed by atoms with Gasteiger partial charge in [0.1, 0.15) is 5.82 Å². The molecule has 0 saturated carbocycles. The fourth-order valence-electron chi connectivity index (χ4n) is 4.17. The lowest BCUT2D eigenvalue weighted by Crippen LogP contribution is -2.43. The van der Waals surface area contributed by atoms with E-state index in [-0.39, 0.29) is 34.6 Å². The number of benzene rings is 1. The number of nitrogens with two attached hydrogens (primary N) is 2. The Balaban J connectivity index is 1.61. The molecule has 2 aromatic heterocycles. The Morgan fingerprint density at radius 3 is 2.81 bits per heavy atom.